The van der Waals surface area contributed by atoms with Crippen molar-refractivity contribution in [1.29, 1.82) is 0 Å². The van der Waals surface area contributed by atoms with E-state index in [-0.39, 0.29) is 5.78 Å². The number of Topliss-reactive ketones (excluding diaryl/α,β-unsaturated/α-hetero) is 1. The average molecular weight is 240 g/mol. The van der Waals surface area contributed by atoms with Crippen molar-refractivity contribution in [3.8, 4) is 17.1 Å². The van der Waals surface area contributed by atoms with E-state index in [0.29, 0.717) is 17.9 Å². The normalized spacial score (nSPS) is 13.5. The van der Waals surface area contributed by atoms with Crippen molar-refractivity contribution < 1.29 is 13.9 Å². The van der Waals surface area contributed by atoms with Gasteiger partial charge in [0.15, 0.2) is 5.76 Å². The van der Waals surface area contributed by atoms with Crippen molar-refractivity contribution >= 4 is 11.9 Å². The lowest BCUT2D eigenvalue weighted by Crippen LogP contribution is -2.00. The molecule has 0 radical (unpaired) electrons. The van der Waals surface area contributed by atoms with Gasteiger partial charge < -0.3 is 9.15 Å². The van der Waals surface area contributed by atoms with E-state index < -0.39 is 0 Å². The van der Waals surface area contributed by atoms with Crippen LogP contribution in [0.2, 0.25) is 0 Å². The summed E-state index contributed by atoms with van der Waals surface area (Å²) in [6, 6.07) is 9.46. The lowest BCUT2D eigenvalue weighted by atomic mass is 10.0. The van der Waals surface area contributed by atoms with Crippen molar-refractivity contribution in [2.24, 2.45) is 0 Å². The van der Waals surface area contributed by atoms with Crippen LogP contribution in [0.1, 0.15) is 22.5 Å². The van der Waals surface area contributed by atoms with Gasteiger partial charge in [-0.15, -0.1) is 0 Å². The Labute approximate surface area is 105 Å². The SMILES string of the molecule is COc1ccc(-c2cc3c(o2)C(=O)CC=C3)cc1. The molecular formula is C15H12O3. The van der Waals surface area contributed by atoms with Gasteiger partial charge in [0.05, 0.1) is 7.11 Å². The van der Waals surface area contributed by atoms with Crippen LogP contribution in [0.4, 0.5) is 0 Å². The van der Waals surface area contributed by atoms with E-state index >= 15 is 0 Å². The zero-order valence-electron chi connectivity index (χ0n) is 9.97. The van der Waals surface area contributed by atoms with Gasteiger partial charge >= 0.3 is 0 Å². The van der Waals surface area contributed by atoms with Gasteiger partial charge in [0.1, 0.15) is 11.5 Å². The van der Waals surface area contributed by atoms with Crippen molar-refractivity contribution in [3.05, 3.63) is 47.7 Å². The summed E-state index contributed by atoms with van der Waals surface area (Å²) in [5.74, 6) is 2.00. The molecule has 1 aromatic heterocycles. The lowest BCUT2D eigenvalue weighted by Gasteiger charge is -2.01. The van der Waals surface area contributed by atoms with Crippen molar-refractivity contribution in [3.63, 3.8) is 0 Å². The maximum Gasteiger partial charge on any atom is 0.202 e. The second-order valence-corrected chi connectivity index (χ2v) is 4.15. The zero-order valence-corrected chi connectivity index (χ0v) is 9.97. The fraction of sp³-hybridized carbons (Fsp3) is 0.133. The fourth-order valence-electron chi connectivity index (χ4n) is 2.03. The third-order valence-corrected chi connectivity index (χ3v) is 2.99. The first-order valence-corrected chi connectivity index (χ1v) is 5.76. The van der Waals surface area contributed by atoms with Gasteiger partial charge in [-0.1, -0.05) is 12.2 Å². The molecule has 1 aliphatic rings. The maximum atomic E-state index is 11.7. The van der Waals surface area contributed by atoms with Crippen molar-refractivity contribution in [2.75, 3.05) is 7.11 Å². The summed E-state index contributed by atoms with van der Waals surface area (Å²) in [5, 5.41) is 0. The summed E-state index contributed by atoms with van der Waals surface area (Å²) in [6.45, 7) is 0. The van der Waals surface area contributed by atoms with E-state index in [0.717, 1.165) is 16.9 Å². The second kappa shape index (κ2) is 4.18. The van der Waals surface area contributed by atoms with Crippen LogP contribution in [0.25, 0.3) is 17.4 Å². The predicted octanol–water partition coefficient (Wildman–Crippen LogP) is 3.55. The van der Waals surface area contributed by atoms with Crippen LogP contribution in [-0.4, -0.2) is 12.9 Å². The minimum Gasteiger partial charge on any atom is -0.497 e. The molecule has 3 nitrogen and oxygen atoms in total. The number of carbonyl (C=O) groups excluding carboxylic acids is 1. The fourth-order valence-corrected chi connectivity index (χ4v) is 2.03. The third kappa shape index (κ3) is 1.74. The quantitative estimate of drug-likeness (QED) is 0.805. The van der Waals surface area contributed by atoms with Gasteiger partial charge in [0, 0.05) is 17.5 Å². The van der Waals surface area contributed by atoms with Crippen molar-refractivity contribution in [2.45, 2.75) is 6.42 Å². The Kier molecular flexibility index (Phi) is 2.52. The summed E-state index contributed by atoms with van der Waals surface area (Å²) in [7, 11) is 1.63. The van der Waals surface area contributed by atoms with Crippen LogP contribution < -0.4 is 4.74 Å². The highest BCUT2D eigenvalue weighted by atomic mass is 16.5. The molecule has 1 aliphatic carbocycles. The number of hydrogen-bond donors (Lipinski definition) is 0. The smallest absolute Gasteiger partial charge is 0.202 e. The molecule has 1 aromatic carbocycles. The summed E-state index contributed by atoms with van der Waals surface area (Å²) >= 11 is 0. The topological polar surface area (TPSA) is 39.4 Å². The molecule has 0 amide bonds. The molecule has 0 bridgehead atoms. The summed E-state index contributed by atoms with van der Waals surface area (Å²) in [4.78, 5) is 11.7. The molecule has 3 rings (SSSR count). The Balaban J connectivity index is 2.02. The zero-order chi connectivity index (χ0) is 12.5. The maximum absolute atomic E-state index is 11.7. The second-order valence-electron chi connectivity index (χ2n) is 4.15. The van der Waals surface area contributed by atoms with Gasteiger partial charge in [-0.2, -0.15) is 0 Å². The standard InChI is InChI=1S/C15H12O3/c1-17-12-7-5-10(6-8-12)14-9-11-3-2-4-13(16)15(11)18-14/h2-3,5-9H,4H2,1H3. The molecule has 0 atom stereocenters. The Hall–Kier alpha value is -2.29. The Morgan fingerprint density at radius 1 is 1.22 bits per heavy atom. The van der Waals surface area contributed by atoms with E-state index in [4.69, 9.17) is 9.15 Å². The molecule has 0 unspecified atom stereocenters. The number of rotatable bonds is 2. The Morgan fingerprint density at radius 2 is 2.00 bits per heavy atom. The van der Waals surface area contributed by atoms with Gasteiger partial charge in [-0.3, -0.25) is 4.79 Å². The molecule has 0 N–H and O–H groups in total. The molecule has 0 saturated heterocycles. The lowest BCUT2D eigenvalue weighted by molar-refractivity contribution is 0.0968. The molecule has 1 heterocycles. The summed E-state index contributed by atoms with van der Waals surface area (Å²) in [5.41, 5.74) is 1.79. The highest BCUT2D eigenvalue weighted by molar-refractivity contribution is 6.01. The van der Waals surface area contributed by atoms with Crippen molar-refractivity contribution in [1.82, 2.24) is 0 Å². The summed E-state index contributed by atoms with van der Waals surface area (Å²) in [6.07, 6.45) is 4.20. The van der Waals surface area contributed by atoms with E-state index in [9.17, 15) is 4.79 Å². The number of allylic oxidation sites excluding steroid dienone is 1. The molecule has 0 fully saturated rings. The molecular weight excluding hydrogens is 228 g/mol. The van der Waals surface area contributed by atoms with Gasteiger partial charge in [0.2, 0.25) is 5.78 Å². The number of hydrogen-bond acceptors (Lipinski definition) is 3. The van der Waals surface area contributed by atoms with Crippen LogP contribution >= 0.6 is 0 Å². The van der Waals surface area contributed by atoms with Crippen LogP contribution in [0.5, 0.6) is 5.75 Å². The molecule has 90 valence electrons. The predicted molar refractivity (Wildman–Crippen MR) is 68.7 cm³/mol. The molecule has 0 aliphatic heterocycles. The Bertz CT molecular complexity index is 618. The number of fused-ring (bicyclic) bond motifs is 1. The van der Waals surface area contributed by atoms with E-state index in [2.05, 4.69) is 0 Å². The number of ketones is 1. The minimum absolute atomic E-state index is 0.0345. The molecule has 2 aromatic rings. The van der Waals surface area contributed by atoms with Gasteiger partial charge in [-0.25, -0.2) is 0 Å². The Morgan fingerprint density at radius 3 is 2.67 bits per heavy atom. The summed E-state index contributed by atoms with van der Waals surface area (Å²) < 4.78 is 10.7. The monoisotopic (exact) mass is 240 g/mol. The molecule has 3 heteroatoms. The number of furan rings is 1. The number of benzene rings is 1. The first-order valence-electron chi connectivity index (χ1n) is 5.76. The molecule has 18 heavy (non-hydrogen) atoms. The van der Waals surface area contributed by atoms with Crippen LogP contribution in [-0.2, 0) is 0 Å². The van der Waals surface area contributed by atoms with Gasteiger partial charge in [0.25, 0.3) is 0 Å². The third-order valence-electron chi connectivity index (χ3n) is 2.99. The average Bonchev–Trinajstić information content (AvgIpc) is 2.84. The molecule has 0 spiro atoms. The minimum atomic E-state index is 0.0345. The molecule has 0 saturated carbocycles. The van der Waals surface area contributed by atoms with Crippen LogP contribution in [0.3, 0.4) is 0 Å². The van der Waals surface area contributed by atoms with Crippen LogP contribution in [0.15, 0.2) is 40.8 Å². The highest BCUT2D eigenvalue weighted by Crippen LogP contribution is 2.30. The number of methoxy groups -OCH3 is 1. The first-order chi connectivity index (χ1) is 8.78. The first kappa shape index (κ1) is 10.8. The largest absolute Gasteiger partial charge is 0.497 e. The van der Waals surface area contributed by atoms with E-state index in [1.54, 1.807) is 7.11 Å². The van der Waals surface area contributed by atoms with Crippen LogP contribution in [0, 0.1) is 0 Å². The van der Waals surface area contributed by atoms with E-state index in [1.165, 1.54) is 0 Å². The van der Waals surface area contributed by atoms with E-state index in [1.807, 2.05) is 42.5 Å². The van der Waals surface area contributed by atoms with Gasteiger partial charge in [-0.05, 0) is 30.3 Å². The number of ether oxygens (including phenoxy) is 1. The number of carbonyl (C=O) groups is 1. The highest BCUT2D eigenvalue weighted by Gasteiger charge is 2.19.